The molecule has 1 unspecified atom stereocenters. The fraction of sp³-hybridized carbons (Fsp3) is 0.429. The number of nitrogens with zero attached hydrogens (tertiary/aromatic N) is 2. The van der Waals surface area contributed by atoms with Gasteiger partial charge in [0.2, 0.25) is 0 Å². The van der Waals surface area contributed by atoms with Gasteiger partial charge in [0.25, 0.3) is 0 Å². The molecule has 5 nitrogen and oxygen atoms in total. The standard InChI is InChI=1S/C14H16N2O3/c1-14(2,3)19-13(18)16-11-5-4-9(8-15)6-10(11)7-12(16)17/h4-6,12,17H,7H2,1-3H3. The summed E-state index contributed by atoms with van der Waals surface area (Å²) in [7, 11) is 0. The highest BCUT2D eigenvalue weighted by Crippen LogP contribution is 2.33. The number of anilines is 1. The van der Waals surface area contributed by atoms with Crippen LogP contribution in [-0.4, -0.2) is 23.0 Å². The average Bonchev–Trinajstić information content (AvgIpc) is 2.61. The van der Waals surface area contributed by atoms with E-state index in [9.17, 15) is 9.90 Å². The van der Waals surface area contributed by atoms with Crippen LogP contribution in [0, 0.1) is 11.3 Å². The number of hydrogen-bond acceptors (Lipinski definition) is 4. The van der Waals surface area contributed by atoms with Crippen molar-refractivity contribution in [2.24, 2.45) is 0 Å². The molecular formula is C14H16N2O3. The molecule has 1 amide bonds. The van der Waals surface area contributed by atoms with Gasteiger partial charge in [-0.15, -0.1) is 0 Å². The summed E-state index contributed by atoms with van der Waals surface area (Å²) in [6.45, 7) is 5.31. The highest BCUT2D eigenvalue weighted by atomic mass is 16.6. The van der Waals surface area contributed by atoms with Crippen LogP contribution in [0.5, 0.6) is 0 Å². The van der Waals surface area contributed by atoms with E-state index in [1.807, 2.05) is 6.07 Å². The number of rotatable bonds is 0. The van der Waals surface area contributed by atoms with Crippen molar-refractivity contribution in [2.45, 2.75) is 39.0 Å². The minimum atomic E-state index is -0.946. The Bertz CT molecular complexity index is 555. The lowest BCUT2D eigenvalue weighted by atomic mass is 10.1. The molecule has 0 bridgehead atoms. The van der Waals surface area contributed by atoms with Gasteiger partial charge >= 0.3 is 6.09 Å². The number of amides is 1. The predicted octanol–water partition coefficient (Wildman–Crippen LogP) is 2.17. The summed E-state index contributed by atoms with van der Waals surface area (Å²) in [4.78, 5) is 13.3. The summed E-state index contributed by atoms with van der Waals surface area (Å²) in [5.74, 6) is 0. The van der Waals surface area contributed by atoms with E-state index in [1.54, 1.807) is 39.0 Å². The Hall–Kier alpha value is -2.06. The third-order valence-electron chi connectivity index (χ3n) is 2.76. The molecule has 0 radical (unpaired) electrons. The number of ether oxygens (including phenoxy) is 1. The molecule has 0 aliphatic carbocycles. The molecule has 0 saturated carbocycles. The van der Waals surface area contributed by atoms with Crippen molar-refractivity contribution in [3.05, 3.63) is 29.3 Å². The lowest BCUT2D eigenvalue weighted by Gasteiger charge is -2.26. The molecule has 2 rings (SSSR count). The lowest BCUT2D eigenvalue weighted by Crippen LogP contribution is -2.41. The van der Waals surface area contributed by atoms with Gasteiger partial charge in [-0.2, -0.15) is 5.26 Å². The van der Waals surface area contributed by atoms with Crippen LogP contribution < -0.4 is 4.90 Å². The Balaban J connectivity index is 2.30. The first-order valence-electron chi connectivity index (χ1n) is 6.05. The van der Waals surface area contributed by atoms with Gasteiger partial charge in [-0.25, -0.2) is 4.79 Å². The van der Waals surface area contributed by atoms with Crippen LogP contribution in [0.1, 0.15) is 31.9 Å². The molecule has 19 heavy (non-hydrogen) atoms. The Morgan fingerprint density at radius 3 is 2.79 bits per heavy atom. The molecule has 0 spiro atoms. The van der Waals surface area contributed by atoms with E-state index in [0.29, 0.717) is 17.7 Å². The Kier molecular flexibility index (Phi) is 3.21. The maximum atomic E-state index is 12.1. The molecule has 0 fully saturated rings. The summed E-state index contributed by atoms with van der Waals surface area (Å²) in [6.07, 6.45) is -1.22. The second kappa shape index (κ2) is 4.56. The van der Waals surface area contributed by atoms with Crippen molar-refractivity contribution in [3.8, 4) is 6.07 Å². The van der Waals surface area contributed by atoms with Gasteiger partial charge in [-0.3, -0.25) is 4.90 Å². The number of benzene rings is 1. The van der Waals surface area contributed by atoms with Crippen LogP contribution in [0.25, 0.3) is 0 Å². The Labute approximate surface area is 112 Å². The second-order valence-corrected chi connectivity index (χ2v) is 5.49. The number of hydrogen-bond donors (Lipinski definition) is 1. The van der Waals surface area contributed by atoms with Gasteiger partial charge in [0.1, 0.15) is 11.8 Å². The zero-order valence-electron chi connectivity index (χ0n) is 11.2. The van der Waals surface area contributed by atoms with Crippen LogP contribution in [0.4, 0.5) is 10.5 Å². The van der Waals surface area contributed by atoms with E-state index in [1.165, 1.54) is 4.90 Å². The fourth-order valence-corrected chi connectivity index (χ4v) is 2.03. The zero-order valence-corrected chi connectivity index (χ0v) is 11.2. The van der Waals surface area contributed by atoms with Gasteiger partial charge in [-0.05, 0) is 44.5 Å². The fourth-order valence-electron chi connectivity index (χ4n) is 2.03. The molecule has 0 aromatic heterocycles. The van der Waals surface area contributed by atoms with Gasteiger partial charge in [0.15, 0.2) is 0 Å². The number of aliphatic hydroxyl groups is 1. The minimum absolute atomic E-state index is 0.310. The number of nitriles is 1. The van der Waals surface area contributed by atoms with Crippen molar-refractivity contribution in [1.29, 1.82) is 5.26 Å². The highest BCUT2D eigenvalue weighted by Gasteiger charge is 2.35. The lowest BCUT2D eigenvalue weighted by molar-refractivity contribution is 0.0490. The predicted molar refractivity (Wildman–Crippen MR) is 69.6 cm³/mol. The monoisotopic (exact) mass is 260 g/mol. The summed E-state index contributed by atoms with van der Waals surface area (Å²) < 4.78 is 5.27. The quantitative estimate of drug-likeness (QED) is 0.775. The normalized spacial score (nSPS) is 17.8. The maximum absolute atomic E-state index is 12.1. The number of carbonyl (C=O) groups excluding carboxylic acids is 1. The average molecular weight is 260 g/mol. The summed E-state index contributed by atoms with van der Waals surface area (Å²) in [5.41, 5.74) is 1.27. The summed E-state index contributed by atoms with van der Waals surface area (Å²) >= 11 is 0. The van der Waals surface area contributed by atoms with Gasteiger partial charge in [0, 0.05) is 6.42 Å². The first-order valence-corrected chi connectivity index (χ1v) is 6.05. The Morgan fingerprint density at radius 2 is 2.21 bits per heavy atom. The molecule has 1 N–H and O–H groups in total. The highest BCUT2D eigenvalue weighted by molar-refractivity contribution is 5.91. The van der Waals surface area contributed by atoms with E-state index in [4.69, 9.17) is 10.00 Å². The van der Waals surface area contributed by atoms with Crippen LogP contribution >= 0.6 is 0 Å². The molecule has 5 heteroatoms. The van der Waals surface area contributed by atoms with E-state index in [0.717, 1.165) is 5.56 Å². The third kappa shape index (κ3) is 2.69. The minimum Gasteiger partial charge on any atom is -0.443 e. The molecule has 1 heterocycles. The number of aliphatic hydroxyl groups excluding tert-OH is 1. The Morgan fingerprint density at radius 1 is 1.53 bits per heavy atom. The molecule has 100 valence electrons. The van der Waals surface area contributed by atoms with E-state index < -0.39 is 17.9 Å². The maximum Gasteiger partial charge on any atom is 0.416 e. The van der Waals surface area contributed by atoms with Crippen molar-refractivity contribution < 1.29 is 14.6 Å². The van der Waals surface area contributed by atoms with E-state index in [2.05, 4.69) is 0 Å². The smallest absolute Gasteiger partial charge is 0.416 e. The van der Waals surface area contributed by atoms with Gasteiger partial charge in [0.05, 0.1) is 17.3 Å². The molecule has 1 aromatic rings. The molecule has 0 saturated heterocycles. The molecule has 1 aliphatic heterocycles. The SMILES string of the molecule is CC(C)(C)OC(=O)N1c2ccc(C#N)cc2CC1O. The van der Waals surface area contributed by atoms with Gasteiger partial charge < -0.3 is 9.84 Å². The summed E-state index contributed by atoms with van der Waals surface area (Å²) in [6, 6.07) is 7.00. The van der Waals surface area contributed by atoms with Crippen LogP contribution in [-0.2, 0) is 11.2 Å². The number of carbonyl (C=O) groups is 1. The van der Waals surface area contributed by atoms with Crippen LogP contribution in [0.3, 0.4) is 0 Å². The molecular weight excluding hydrogens is 244 g/mol. The first kappa shape index (κ1) is 13.4. The van der Waals surface area contributed by atoms with E-state index >= 15 is 0 Å². The molecule has 1 aliphatic rings. The van der Waals surface area contributed by atoms with Crippen molar-refractivity contribution >= 4 is 11.8 Å². The van der Waals surface area contributed by atoms with Gasteiger partial charge in [-0.1, -0.05) is 0 Å². The zero-order chi connectivity index (χ0) is 14.2. The van der Waals surface area contributed by atoms with Crippen LogP contribution in [0.2, 0.25) is 0 Å². The number of fused-ring (bicyclic) bond motifs is 1. The van der Waals surface area contributed by atoms with Crippen molar-refractivity contribution in [2.75, 3.05) is 4.90 Å². The second-order valence-electron chi connectivity index (χ2n) is 5.49. The first-order chi connectivity index (χ1) is 8.81. The van der Waals surface area contributed by atoms with Crippen molar-refractivity contribution in [3.63, 3.8) is 0 Å². The van der Waals surface area contributed by atoms with E-state index in [-0.39, 0.29) is 0 Å². The topological polar surface area (TPSA) is 73.6 Å². The molecule has 1 aromatic carbocycles. The summed E-state index contributed by atoms with van der Waals surface area (Å²) in [5, 5.41) is 18.8. The third-order valence-corrected chi connectivity index (χ3v) is 2.76. The molecule has 1 atom stereocenters. The largest absolute Gasteiger partial charge is 0.443 e. The van der Waals surface area contributed by atoms with Crippen LogP contribution in [0.15, 0.2) is 18.2 Å². The van der Waals surface area contributed by atoms with Crippen molar-refractivity contribution in [1.82, 2.24) is 0 Å².